The molecule has 29 heavy (non-hydrogen) atoms. The molecule has 2 N–H and O–H groups in total. The van der Waals surface area contributed by atoms with Crippen LogP contribution in [0.5, 0.6) is 0 Å². The Hall–Kier alpha value is -1.10. The molecule has 0 unspecified atom stereocenters. The highest BCUT2D eigenvalue weighted by molar-refractivity contribution is 5.90. The SMILES string of the molecule is CC1CCN(CCNC(=O)[C@@H](NC(=O)C23CC4CC(CC(C4)C2)C3)C(C)C)CC1. The van der Waals surface area contributed by atoms with E-state index in [4.69, 9.17) is 0 Å². The van der Waals surface area contributed by atoms with Gasteiger partial charge in [-0.05, 0) is 94.0 Å². The van der Waals surface area contributed by atoms with E-state index >= 15 is 0 Å². The lowest BCUT2D eigenvalue weighted by Gasteiger charge is -2.55. The molecular formula is C24H41N3O2. The van der Waals surface area contributed by atoms with Crippen molar-refractivity contribution < 1.29 is 9.59 Å². The van der Waals surface area contributed by atoms with Gasteiger partial charge in [0.2, 0.25) is 11.8 Å². The molecule has 0 aromatic carbocycles. The lowest BCUT2D eigenvalue weighted by molar-refractivity contribution is -0.149. The van der Waals surface area contributed by atoms with E-state index in [2.05, 4.69) is 22.5 Å². The first-order valence-electron chi connectivity index (χ1n) is 12.2. The molecule has 1 aliphatic heterocycles. The Bertz CT molecular complexity index is 574. The Kier molecular flexibility index (Phi) is 6.24. The minimum atomic E-state index is -0.420. The van der Waals surface area contributed by atoms with Gasteiger partial charge >= 0.3 is 0 Å². The van der Waals surface area contributed by atoms with Crippen molar-refractivity contribution in [1.82, 2.24) is 15.5 Å². The molecule has 4 saturated carbocycles. The predicted octanol–water partition coefficient (Wildman–Crippen LogP) is 3.19. The van der Waals surface area contributed by atoms with Crippen molar-refractivity contribution in [1.29, 1.82) is 0 Å². The second-order valence-corrected chi connectivity index (χ2v) is 11.2. The molecule has 5 fully saturated rings. The van der Waals surface area contributed by atoms with Gasteiger partial charge in [0.1, 0.15) is 6.04 Å². The molecule has 164 valence electrons. The Labute approximate surface area is 176 Å². The molecule has 1 saturated heterocycles. The maximum absolute atomic E-state index is 13.4. The van der Waals surface area contributed by atoms with Crippen LogP contribution in [0.3, 0.4) is 0 Å². The molecule has 1 atom stereocenters. The first kappa shape index (κ1) is 21.1. The summed E-state index contributed by atoms with van der Waals surface area (Å²) in [6.45, 7) is 10.2. The number of nitrogens with one attached hydrogen (secondary N) is 2. The molecule has 4 bridgehead atoms. The standard InChI is InChI=1S/C24H41N3O2/c1-16(2)21(22(28)25-6-9-27-7-4-17(3)5-8-27)26-23(29)24-13-18-10-19(14-24)12-20(11-18)15-24/h16-21H,4-15H2,1-3H3,(H,25,28)(H,26,29)/t18?,19?,20?,21-,24?/m0/s1. The fourth-order valence-electron chi connectivity index (χ4n) is 6.95. The van der Waals surface area contributed by atoms with Crippen LogP contribution in [0.1, 0.15) is 72.1 Å². The Morgan fingerprint density at radius 2 is 1.55 bits per heavy atom. The van der Waals surface area contributed by atoms with E-state index in [1.807, 2.05) is 13.8 Å². The van der Waals surface area contributed by atoms with Gasteiger partial charge in [-0.25, -0.2) is 0 Å². The average Bonchev–Trinajstić information content (AvgIpc) is 2.66. The van der Waals surface area contributed by atoms with Gasteiger partial charge in [-0.1, -0.05) is 20.8 Å². The van der Waals surface area contributed by atoms with Gasteiger partial charge in [0.25, 0.3) is 0 Å². The van der Waals surface area contributed by atoms with Gasteiger partial charge in [-0.15, -0.1) is 0 Å². The molecule has 0 aromatic rings. The predicted molar refractivity (Wildman–Crippen MR) is 115 cm³/mol. The molecule has 5 heteroatoms. The van der Waals surface area contributed by atoms with Crippen molar-refractivity contribution in [2.45, 2.75) is 78.2 Å². The summed E-state index contributed by atoms with van der Waals surface area (Å²) in [7, 11) is 0. The van der Waals surface area contributed by atoms with Crippen molar-refractivity contribution >= 4 is 11.8 Å². The van der Waals surface area contributed by atoms with Crippen LogP contribution in [-0.4, -0.2) is 48.9 Å². The maximum Gasteiger partial charge on any atom is 0.242 e. The van der Waals surface area contributed by atoms with Crippen LogP contribution in [-0.2, 0) is 9.59 Å². The van der Waals surface area contributed by atoms with Crippen LogP contribution in [0.25, 0.3) is 0 Å². The average molecular weight is 404 g/mol. The smallest absolute Gasteiger partial charge is 0.242 e. The van der Waals surface area contributed by atoms with Crippen LogP contribution in [0.2, 0.25) is 0 Å². The lowest BCUT2D eigenvalue weighted by atomic mass is 9.49. The van der Waals surface area contributed by atoms with E-state index in [1.54, 1.807) is 0 Å². The monoisotopic (exact) mass is 403 g/mol. The Balaban J connectivity index is 1.29. The van der Waals surface area contributed by atoms with Gasteiger partial charge in [-0.2, -0.15) is 0 Å². The fraction of sp³-hybridized carbons (Fsp3) is 0.917. The number of likely N-dealkylation sites (tertiary alicyclic amines) is 1. The fourth-order valence-corrected chi connectivity index (χ4v) is 6.95. The molecular weight excluding hydrogens is 362 g/mol. The quantitative estimate of drug-likeness (QED) is 0.686. The molecule has 5 rings (SSSR count). The van der Waals surface area contributed by atoms with Crippen LogP contribution >= 0.6 is 0 Å². The zero-order valence-electron chi connectivity index (χ0n) is 18.7. The highest BCUT2D eigenvalue weighted by Gasteiger charge is 2.55. The maximum atomic E-state index is 13.4. The molecule has 1 heterocycles. The summed E-state index contributed by atoms with van der Waals surface area (Å²) in [6, 6.07) is -0.420. The van der Waals surface area contributed by atoms with Crippen molar-refractivity contribution in [2.75, 3.05) is 26.2 Å². The summed E-state index contributed by atoms with van der Waals surface area (Å²) in [5, 5.41) is 6.31. The van der Waals surface area contributed by atoms with Crippen molar-refractivity contribution in [3.8, 4) is 0 Å². The summed E-state index contributed by atoms with van der Waals surface area (Å²) < 4.78 is 0. The number of piperidine rings is 1. The molecule has 5 aliphatic rings. The minimum Gasteiger partial charge on any atom is -0.353 e. The van der Waals surface area contributed by atoms with E-state index in [9.17, 15) is 9.59 Å². The lowest BCUT2D eigenvalue weighted by Crippen LogP contribution is -2.58. The zero-order valence-corrected chi connectivity index (χ0v) is 18.7. The van der Waals surface area contributed by atoms with Gasteiger partial charge in [0, 0.05) is 18.5 Å². The first-order valence-corrected chi connectivity index (χ1v) is 12.2. The van der Waals surface area contributed by atoms with E-state index in [0.717, 1.165) is 62.6 Å². The first-order chi connectivity index (χ1) is 13.8. The number of hydrogen-bond donors (Lipinski definition) is 2. The third kappa shape index (κ3) is 4.65. The van der Waals surface area contributed by atoms with Crippen LogP contribution in [0.4, 0.5) is 0 Å². The molecule has 0 radical (unpaired) electrons. The van der Waals surface area contributed by atoms with Gasteiger partial charge < -0.3 is 15.5 Å². The number of carbonyl (C=O) groups is 2. The Morgan fingerprint density at radius 3 is 2.07 bits per heavy atom. The van der Waals surface area contributed by atoms with E-state index < -0.39 is 6.04 Å². The summed E-state index contributed by atoms with van der Waals surface area (Å²) in [6.07, 6.45) is 9.63. The van der Waals surface area contributed by atoms with Crippen LogP contribution < -0.4 is 10.6 Å². The summed E-state index contributed by atoms with van der Waals surface area (Å²) in [4.78, 5) is 28.7. The second-order valence-electron chi connectivity index (χ2n) is 11.2. The van der Waals surface area contributed by atoms with Crippen molar-refractivity contribution in [2.24, 2.45) is 35.0 Å². The van der Waals surface area contributed by atoms with Crippen molar-refractivity contribution in [3.05, 3.63) is 0 Å². The minimum absolute atomic E-state index is 0.0107. The zero-order chi connectivity index (χ0) is 20.6. The number of hydrogen-bond acceptors (Lipinski definition) is 3. The summed E-state index contributed by atoms with van der Waals surface area (Å²) >= 11 is 0. The topological polar surface area (TPSA) is 61.4 Å². The summed E-state index contributed by atoms with van der Waals surface area (Å²) in [5.41, 5.74) is -0.188. The van der Waals surface area contributed by atoms with Crippen LogP contribution in [0.15, 0.2) is 0 Å². The molecule has 4 aliphatic carbocycles. The number of rotatable bonds is 7. The number of nitrogens with zero attached hydrogens (tertiary/aromatic N) is 1. The molecule has 2 amide bonds. The van der Waals surface area contributed by atoms with Crippen LogP contribution in [0, 0.1) is 35.0 Å². The third-order valence-electron chi connectivity index (χ3n) is 8.36. The van der Waals surface area contributed by atoms with E-state index in [0.29, 0.717) is 6.54 Å². The van der Waals surface area contributed by atoms with E-state index in [1.165, 1.54) is 32.1 Å². The largest absolute Gasteiger partial charge is 0.353 e. The molecule has 0 aromatic heterocycles. The summed E-state index contributed by atoms with van der Waals surface area (Å²) in [5.74, 6) is 3.30. The molecule has 5 nitrogen and oxygen atoms in total. The van der Waals surface area contributed by atoms with Crippen molar-refractivity contribution in [3.63, 3.8) is 0 Å². The normalized spacial score (nSPS) is 35.7. The van der Waals surface area contributed by atoms with Gasteiger partial charge in [0.15, 0.2) is 0 Å². The number of amides is 2. The number of carbonyl (C=O) groups excluding carboxylic acids is 2. The highest BCUT2D eigenvalue weighted by Crippen LogP contribution is 2.60. The Morgan fingerprint density at radius 1 is 1.00 bits per heavy atom. The van der Waals surface area contributed by atoms with Gasteiger partial charge in [0.05, 0.1) is 0 Å². The highest BCUT2D eigenvalue weighted by atomic mass is 16.2. The third-order valence-corrected chi connectivity index (χ3v) is 8.36. The van der Waals surface area contributed by atoms with Gasteiger partial charge in [-0.3, -0.25) is 9.59 Å². The molecule has 0 spiro atoms. The van der Waals surface area contributed by atoms with E-state index in [-0.39, 0.29) is 23.1 Å². The second kappa shape index (κ2) is 8.56.